The number of methoxy groups -OCH3 is 1. The lowest BCUT2D eigenvalue weighted by molar-refractivity contribution is -0.122. The van der Waals surface area contributed by atoms with E-state index < -0.39 is 0 Å². The van der Waals surface area contributed by atoms with Crippen molar-refractivity contribution in [1.82, 2.24) is 4.90 Å². The Kier molecular flexibility index (Phi) is 6.91. The van der Waals surface area contributed by atoms with Gasteiger partial charge in [0.15, 0.2) is 0 Å². The molecule has 29 heavy (non-hydrogen) atoms. The van der Waals surface area contributed by atoms with Crippen LogP contribution < -0.4 is 9.64 Å². The molecule has 1 heterocycles. The van der Waals surface area contributed by atoms with Crippen molar-refractivity contribution in [2.24, 2.45) is 5.92 Å². The Morgan fingerprint density at radius 1 is 1.21 bits per heavy atom. The van der Waals surface area contributed by atoms with Crippen molar-refractivity contribution in [3.63, 3.8) is 0 Å². The number of likely N-dealkylation sites (tertiary alicyclic amines) is 1. The van der Waals surface area contributed by atoms with Crippen LogP contribution in [0.15, 0.2) is 42.5 Å². The smallest absolute Gasteiger partial charge is 0.229 e. The molecule has 3 rings (SSSR count). The van der Waals surface area contributed by atoms with E-state index in [9.17, 15) is 9.18 Å². The minimum Gasteiger partial charge on any atom is -0.497 e. The second kappa shape index (κ2) is 9.40. The van der Waals surface area contributed by atoms with Gasteiger partial charge < -0.3 is 9.64 Å². The molecule has 4 nitrogen and oxygen atoms in total. The van der Waals surface area contributed by atoms with Crippen LogP contribution in [0.4, 0.5) is 10.1 Å². The summed E-state index contributed by atoms with van der Waals surface area (Å²) in [5.74, 6) is 0.528. The first-order valence-electron chi connectivity index (χ1n) is 10.3. The summed E-state index contributed by atoms with van der Waals surface area (Å²) in [6, 6.07) is 13.3. The predicted octanol–water partition coefficient (Wildman–Crippen LogP) is 4.80. The van der Waals surface area contributed by atoms with Crippen LogP contribution in [0.25, 0.3) is 0 Å². The number of benzene rings is 2. The number of hydrogen-bond acceptors (Lipinski definition) is 3. The molecule has 0 spiro atoms. The van der Waals surface area contributed by atoms with Gasteiger partial charge in [0.05, 0.1) is 7.11 Å². The average Bonchev–Trinajstić information content (AvgIpc) is 2.72. The van der Waals surface area contributed by atoms with Crippen molar-refractivity contribution in [3.8, 4) is 5.75 Å². The van der Waals surface area contributed by atoms with Crippen molar-refractivity contribution in [1.29, 1.82) is 0 Å². The number of carbonyl (C=O) groups excluding carboxylic acids is 1. The van der Waals surface area contributed by atoms with Crippen LogP contribution in [0.1, 0.15) is 37.8 Å². The van der Waals surface area contributed by atoms with Gasteiger partial charge in [-0.05, 0) is 55.2 Å². The van der Waals surface area contributed by atoms with Gasteiger partial charge in [-0.3, -0.25) is 9.69 Å². The molecule has 1 amide bonds. The molecule has 0 N–H and O–H groups in total. The van der Waals surface area contributed by atoms with Gasteiger partial charge in [-0.1, -0.05) is 32.0 Å². The summed E-state index contributed by atoms with van der Waals surface area (Å²) in [4.78, 5) is 17.2. The van der Waals surface area contributed by atoms with Crippen molar-refractivity contribution in [2.75, 3.05) is 25.1 Å². The zero-order chi connectivity index (χ0) is 21.0. The highest BCUT2D eigenvalue weighted by atomic mass is 19.1. The second-order valence-corrected chi connectivity index (χ2v) is 8.16. The lowest BCUT2D eigenvalue weighted by atomic mass is 9.99. The van der Waals surface area contributed by atoms with Gasteiger partial charge >= 0.3 is 0 Å². The first-order valence-corrected chi connectivity index (χ1v) is 10.3. The van der Waals surface area contributed by atoms with Gasteiger partial charge in [-0.2, -0.15) is 0 Å². The number of amides is 1. The Balaban J connectivity index is 1.71. The lowest BCUT2D eigenvalue weighted by Gasteiger charge is -2.39. The molecular weight excluding hydrogens is 367 g/mol. The third kappa shape index (κ3) is 5.15. The van der Waals surface area contributed by atoms with Gasteiger partial charge in [0.25, 0.3) is 0 Å². The number of aryl methyl sites for hydroxylation is 1. The lowest BCUT2D eigenvalue weighted by Crippen LogP contribution is -2.48. The summed E-state index contributed by atoms with van der Waals surface area (Å²) in [5.41, 5.74) is 2.48. The third-order valence-electron chi connectivity index (χ3n) is 5.63. The summed E-state index contributed by atoms with van der Waals surface area (Å²) >= 11 is 0. The van der Waals surface area contributed by atoms with E-state index in [1.807, 2.05) is 36.9 Å². The molecule has 1 fully saturated rings. The maximum absolute atomic E-state index is 14.2. The number of halogens is 1. The Labute approximate surface area is 173 Å². The maximum atomic E-state index is 14.2. The summed E-state index contributed by atoms with van der Waals surface area (Å²) in [5, 5.41) is 0. The van der Waals surface area contributed by atoms with Crippen LogP contribution in [-0.4, -0.2) is 37.0 Å². The van der Waals surface area contributed by atoms with E-state index in [0.29, 0.717) is 11.3 Å². The molecule has 2 aromatic rings. The van der Waals surface area contributed by atoms with Gasteiger partial charge in [-0.15, -0.1) is 0 Å². The fourth-order valence-corrected chi connectivity index (χ4v) is 3.89. The van der Waals surface area contributed by atoms with E-state index in [4.69, 9.17) is 4.74 Å². The van der Waals surface area contributed by atoms with Crippen LogP contribution >= 0.6 is 0 Å². The topological polar surface area (TPSA) is 32.8 Å². The second-order valence-electron chi connectivity index (χ2n) is 8.16. The molecule has 0 atom stereocenters. The molecule has 0 aliphatic carbocycles. The molecule has 156 valence electrons. The molecule has 0 bridgehead atoms. The van der Waals surface area contributed by atoms with Gasteiger partial charge in [0.1, 0.15) is 11.6 Å². The molecule has 1 saturated heterocycles. The van der Waals surface area contributed by atoms with Crippen LogP contribution in [0.3, 0.4) is 0 Å². The molecule has 0 saturated carbocycles. The fraction of sp³-hybridized carbons (Fsp3) is 0.458. The standard InChI is InChI=1S/C24H31FN2O2/c1-17(2)24(28)27(21-9-8-18(3)23(25)15-21)20-10-12-26(13-11-20)16-19-6-5-7-22(14-19)29-4/h5-9,14-15,17,20H,10-13,16H2,1-4H3. The first kappa shape index (κ1) is 21.3. The van der Waals surface area contributed by atoms with Crippen molar-refractivity contribution >= 4 is 11.6 Å². The van der Waals surface area contributed by atoms with Crippen LogP contribution in [0.5, 0.6) is 5.75 Å². The highest BCUT2D eigenvalue weighted by molar-refractivity contribution is 5.95. The van der Waals surface area contributed by atoms with Crippen LogP contribution in [-0.2, 0) is 11.3 Å². The van der Waals surface area contributed by atoms with E-state index in [0.717, 1.165) is 38.2 Å². The Bertz CT molecular complexity index is 845. The Hall–Kier alpha value is -2.40. The summed E-state index contributed by atoms with van der Waals surface area (Å²) in [6.45, 7) is 8.21. The van der Waals surface area contributed by atoms with E-state index in [2.05, 4.69) is 17.0 Å². The molecular formula is C24H31FN2O2. The molecule has 0 unspecified atom stereocenters. The number of ether oxygens (including phenoxy) is 1. The van der Waals surface area contributed by atoms with Gasteiger partial charge in [0, 0.05) is 37.3 Å². The SMILES string of the molecule is COc1cccc(CN2CCC(N(C(=O)C(C)C)c3ccc(C)c(F)c3)CC2)c1. The molecule has 2 aromatic carbocycles. The Morgan fingerprint density at radius 3 is 2.55 bits per heavy atom. The largest absolute Gasteiger partial charge is 0.497 e. The number of rotatable bonds is 6. The molecule has 0 aromatic heterocycles. The Morgan fingerprint density at radius 2 is 1.93 bits per heavy atom. The summed E-state index contributed by atoms with van der Waals surface area (Å²) < 4.78 is 19.5. The molecule has 1 aliphatic rings. The van der Waals surface area contributed by atoms with E-state index in [-0.39, 0.29) is 23.7 Å². The third-order valence-corrected chi connectivity index (χ3v) is 5.63. The number of hydrogen-bond donors (Lipinski definition) is 0. The summed E-state index contributed by atoms with van der Waals surface area (Å²) in [7, 11) is 1.68. The minimum absolute atomic E-state index is 0.0551. The predicted molar refractivity (Wildman–Crippen MR) is 115 cm³/mol. The number of anilines is 1. The molecule has 0 radical (unpaired) electrons. The fourth-order valence-electron chi connectivity index (χ4n) is 3.89. The van der Waals surface area contributed by atoms with E-state index in [1.54, 1.807) is 20.1 Å². The molecule has 1 aliphatic heterocycles. The quantitative estimate of drug-likeness (QED) is 0.701. The normalized spacial score (nSPS) is 15.5. The van der Waals surface area contributed by atoms with Crippen LogP contribution in [0, 0.1) is 18.7 Å². The van der Waals surface area contributed by atoms with Gasteiger partial charge in [0.2, 0.25) is 5.91 Å². The first-order chi connectivity index (χ1) is 13.9. The van der Waals surface area contributed by atoms with E-state index >= 15 is 0 Å². The average molecular weight is 399 g/mol. The van der Waals surface area contributed by atoms with E-state index in [1.165, 1.54) is 11.6 Å². The monoisotopic (exact) mass is 398 g/mol. The number of carbonyl (C=O) groups is 1. The zero-order valence-electron chi connectivity index (χ0n) is 17.8. The molecule has 5 heteroatoms. The van der Waals surface area contributed by atoms with Crippen molar-refractivity contribution in [3.05, 3.63) is 59.4 Å². The van der Waals surface area contributed by atoms with Crippen molar-refractivity contribution < 1.29 is 13.9 Å². The maximum Gasteiger partial charge on any atom is 0.229 e. The zero-order valence-corrected chi connectivity index (χ0v) is 17.8. The number of piperidine rings is 1. The van der Waals surface area contributed by atoms with Crippen molar-refractivity contribution in [2.45, 2.75) is 46.2 Å². The highest BCUT2D eigenvalue weighted by Crippen LogP contribution is 2.28. The van der Waals surface area contributed by atoms with Gasteiger partial charge in [-0.25, -0.2) is 4.39 Å². The van der Waals surface area contributed by atoms with Crippen LogP contribution in [0.2, 0.25) is 0 Å². The summed E-state index contributed by atoms with van der Waals surface area (Å²) in [6.07, 6.45) is 1.75. The number of nitrogens with zero attached hydrogens (tertiary/aromatic N) is 2. The minimum atomic E-state index is -0.264. The highest BCUT2D eigenvalue weighted by Gasteiger charge is 2.30.